The van der Waals surface area contributed by atoms with Gasteiger partial charge in [0, 0.05) is 0 Å². The van der Waals surface area contributed by atoms with Gasteiger partial charge in [-0.15, -0.1) is 12.6 Å². The zero-order valence-electron chi connectivity index (χ0n) is 2.76. The third kappa shape index (κ3) is 4.05. The summed E-state index contributed by atoms with van der Waals surface area (Å²) in [5.74, 6) is 0. The summed E-state index contributed by atoms with van der Waals surface area (Å²) in [6.45, 7) is 3.23. The molecule has 1 N–H and O–H groups in total. The molecule has 1 unspecified atom stereocenters. The Hall–Kier alpha value is 0.0500. The molecule has 0 aliphatic carbocycles. The van der Waals surface area contributed by atoms with E-state index >= 15 is 0 Å². The van der Waals surface area contributed by atoms with Crippen LogP contribution in [-0.4, -0.2) is 10.5 Å². The maximum absolute atomic E-state index is 8.11. The standard InChI is InChI=1S/C3H6OS/c1-2-3(4)5/h2-5H,1H2. The van der Waals surface area contributed by atoms with Gasteiger partial charge in [0.15, 0.2) is 0 Å². The van der Waals surface area contributed by atoms with Gasteiger partial charge >= 0.3 is 0 Å². The Morgan fingerprint density at radius 3 is 2.20 bits per heavy atom. The van der Waals surface area contributed by atoms with Crippen LogP contribution in [0.1, 0.15) is 0 Å². The SMILES string of the molecule is C=CC(O)S. The van der Waals surface area contributed by atoms with Gasteiger partial charge in [-0.05, 0) is 0 Å². The van der Waals surface area contributed by atoms with Crippen LogP contribution in [0.25, 0.3) is 0 Å². The molecule has 0 aromatic heterocycles. The van der Waals surface area contributed by atoms with Crippen LogP contribution in [0, 0.1) is 0 Å². The van der Waals surface area contributed by atoms with Crippen LogP contribution in [0.2, 0.25) is 0 Å². The molecule has 1 nitrogen and oxygen atoms in total. The zero-order chi connectivity index (χ0) is 4.28. The Labute approximate surface area is 36.7 Å². The summed E-state index contributed by atoms with van der Waals surface area (Å²) in [7, 11) is 0. The second kappa shape index (κ2) is 2.30. The van der Waals surface area contributed by atoms with Gasteiger partial charge in [-0.25, -0.2) is 0 Å². The molecule has 5 heavy (non-hydrogen) atoms. The van der Waals surface area contributed by atoms with Crippen LogP contribution in [0.5, 0.6) is 0 Å². The molecule has 0 radical (unpaired) electrons. The maximum atomic E-state index is 8.11. The number of aliphatic hydroxyl groups is 1. The minimum atomic E-state index is -0.657. The summed E-state index contributed by atoms with van der Waals surface area (Å²) in [5, 5.41) is 8.11. The average Bonchev–Trinajstić information content (AvgIpc) is 1.38. The molecule has 2 heteroatoms. The molecule has 0 bridgehead atoms. The molecule has 0 rings (SSSR count). The molecule has 0 spiro atoms. The van der Waals surface area contributed by atoms with Gasteiger partial charge in [0.05, 0.1) is 0 Å². The minimum absolute atomic E-state index is 0.657. The zero-order valence-corrected chi connectivity index (χ0v) is 3.65. The van der Waals surface area contributed by atoms with E-state index in [-0.39, 0.29) is 0 Å². The molecule has 0 fully saturated rings. The van der Waals surface area contributed by atoms with E-state index in [1.165, 1.54) is 6.08 Å². The lowest BCUT2D eigenvalue weighted by atomic mass is 10.7. The lowest BCUT2D eigenvalue weighted by molar-refractivity contribution is 0.312. The number of hydrogen-bond acceptors (Lipinski definition) is 2. The van der Waals surface area contributed by atoms with Crippen LogP contribution in [0.15, 0.2) is 12.7 Å². The van der Waals surface area contributed by atoms with Crippen molar-refractivity contribution in [3.63, 3.8) is 0 Å². The Kier molecular flexibility index (Phi) is 2.32. The maximum Gasteiger partial charge on any atom is 0.115 e. The van der Waals surface area contributed by atoms with Crippen molar-refractivity contribution in [3.8, 4) is 0 Å². The minimum Gasteiger partial charge on any atom is -0.379 e. The fourth-order valence-electron chi connectivity index (χ4n) is 0. The highest BCUT2D eigenvalue weighted by Crippen LogP contribution is 1.84. The Morgan fingerprint density at radius 2 is 2.20 bits per heavy atom. The van der Waals surface area contributed by atoms with Crippen LogP contribution in [0.4, 0.5) is 0 Å². The number of hydrogen-bond donors (Lipinski definition) is 2. The molecule has 0 aromatic carbocycles. The van der Waals surface area contributed by atoms with E-state index in [4.69, 9.17) is 5.11 Å². The first kappa shape index (κ1) is 5.05. The molecule has 1 atom stereocenters. The van der Waals surface area contributed by atoms with Gasteiger partial charge in [-0.2, -0.15) is 0 Å². The molecular formula is C3H6OS. The van der Waals surface area contributed by atoms with Crippen molar-refractivity contribution in [1.29, 1.82) is 0 Å². The van der Waals surface area contributed by atoms with Gasteiger partial charge in [-0.1, -0.05) is 12.7 Å². The fourth-order valence-corrected chi connectivity index (χ4v) is 0. The molecule has 0 saturated heterocycles. The smallest absolute Gasteiger partial charge is 0.115 e. The van der Waals surface area contributed by atoms with Gasteiger partial charge in [0.25, 0.3) is 0 Å². The fraction of sp³-hybridized carbons (Fsp3) is 0.333. The molecule has 0 heterocycles. The predicted molar refractivity (Wildman–Crippen MR) is 25.2 cm³/mol. The van der Waals surface area contributed by atoms with Crippen molar-refractivity contribution in [2.45, 2.75) is 5.44 Å². The highest BCUT2D eigenvalue weighted by molar-refractivity contribution is 7.80. The van der Waals surface area contributed by atoms with E-state index in [9.17, 15) is 0 Å². The van der Waals surface area contributed by atoms with E-state index < -0.39 is 5.44 Å². The first-order valence-corrected chi connectivity index (χ1v) is 1.77. The molecular weight excluding hydrogens is 84.1 g/mol. The van der Waals surface area contributed by atoms with E-state index in [0.29, 0.717) is 0 Å². The lowest BCUT2D eigenvalue weighted by Gasteiger charge is -1.83. The highest BCUT2D eigenvalue weighted by Gasteiger charge is 1.76. The van der Waals surface area contributed by atoms with Crippen molar-refractivity contribution >= 4 is 12.6 Å². The van der Waals surface area contributed by atoms with Gasteiger partial charge in [0.1, 0.15) is 5.44 Å². The average molecular weight is 90.1 g/mol. The van der Waals surface area contributed by atoms with Gasteiger partial charge in [0.2, 0.25) is 0 Å². The van der Waals surface area contributed by atoms with Crippen molar-refractivity contribution in [1.82, 2.24) is 0 Å². The molecule has 0 aliphatic heterocycles. The lowest BCUT2D eigenvalue weighted by Crippen LogP contribution is -1.83. The molecule has 30 valence electrons. The molecule has 0 amide bonds. The largest absolute Gasteiger partial charge is 0.379 e. The van der Waals surface area contributed by atoms with Crippen LogP contribution >= 0.6 is 12.6 Å². The van der Waals surface area contributed by atoms with Crippen LogP contribution < -0.4 is 0 Å². The van der Waals surface area contributed by atoms with E-state index in [1.807, 2.05) is 0 Å². The third-order valence-electron chi connectivity index (χ3n) is 0.211. The summed E-state index contributed by atoms with van der Waals surface area (Å²) in [6.07, 6.45) is 1.34. The Bertz CT molecular complexity index is 33.9. The summed E-state index contributed by atoms with van der Waals surface area (Å²) in [4.78, 5) is 0. The predicted octanol–water partition coefficient (Wildman–Crippen LogP) is 0.421. The van der Waals surface area contributed by atoms with E-state index in [2.05, 4.69) is 19.2 Å². The summed E-state index contributed by atoms with van der Waals surface area (Å²) in [5.41, 5.74) is -0.657. The van der Waals surface area contributed by atoms with E-state index in [1.54, 1.807) is 0 Å². The van der Waals surface area contributed by atoms with Gasteiger partial charge < -0.3 is 5.11 Å². The molecule has 0 aliphatic rings. The quantitative estimate of drug-likeness (QED) is 0.271. The highest BCUT2D eigenvalue weighted by atomic mass is 32.1. The molecule has 0 saturated carbocycles. The summed E-state index contributed by atoms with van der Waals surface area (Å²) < 4.78 is 0. The second-order valence-electron chi connectivity index (χ2n) is 0.649. The number of aliphatic hydroxyl groups excluding tert-OH is 1. The summed E-state index contributed by atoms with van der Waals surface area (Å²) >= 11 is 3.54. The Morgan fingerprint density at radius 1 is 2.00 bits per heavy atom. The van der Waals surface area contributed by atoms with Gasteiger partial charge in [-0.3, -0.25) is 0 Å². The van der Waals surface area contributed by atoms with Crippen molar-refractivity contribution in [2.75, 3.05) is 0 Å². The van der Waals surface area contributed by atoms with Crippen molar-refractivity contribution in [2.24, 2.45) is 0 Å². The third-order valence-corrected chi connectivity index (χ3v) is 0.422. The normalized spacial score (nSPS) is 14.0. The van der Waals surface area contributed by atoms with Crippen LogP contribution in [-0.2, 0) is 0 Å². The monoisotopic (exact) mass is 90.0 g/mol. The van der Waals surface area contributed by atoms with E-state index in [0.717, 1.165) is 0 Å². The molecule has 0 aromatic rings. The first-order valence-electron chi connectivity index (χ1n) is 1.26. The Balaban J connectivity index is 2.83. The number of thiol groups is 1. The first-order chi connectivity index (χ1) is 2.27. The van der Waals surface area contributed by atoms with Crippen molar-refractivity contribution in [3.05, 3.63) is 12.7 Å². The number of rotatable bonds is 1. The topological polar surface area (TPSA) is 20.2 Å². The summed E-state index contributed by atoms with van der Waals surface area (Å²) in [6, 6.07) is 0. The second-order valence-corrected chi connectivity index (χ2v) is 1.18. The van der Waals surface area contributed by atoms with Crippen LogP contribution in [0.3, 0.4) is 0 Å². The van der Waals surface area contributed by atoms with Crippen molar-refractivity contribution < 1.29 is 5.11 Å².